The molecule has 0 atom stereocenters. The molecule has 0 radical (unpaired) electrons. The summed E-state index contributed by atoms with van der Waals surface area (Å²) in [5.74, 6) is 1.44. The van der Waals surface area contributed by atoms with Gasteiger partial charge in [0.2, 0.25) is 0 Å². The summed E-state index contributed by atoms with van der Waals surface area (Å²) in [7, 11) is 1.65. The van der Waals surface area contributed by atoms with Gasteiger partial charge in [0.1, 0.15) is 0 Å². The number of hydrogen-bond acceptors (Lipinski definition) is 6. The van der Waals surface area contributed by atoms with Crippen molar-refractivity contribution in [2.24, 2.45) is 0 Å². The molecule has 6 nitrogen and oxygen atoms in total. The topological polar surface area (TPSA) is 60.4 Å². The van der Waals surface area contributed by atoms with Crippen molar-refractivity contribution in [3.05, 3.63) is 41.5 Å². The normalized spacial score (nSPS) is 14.5. The minimum Gasteiger partial charge on any atom is -0.491 e. The van der Waals surface area contributed by atoms with E-state index in [0.29, 0.717) is 18.8 Å². The van der Waals surface area contributed by atoms with Crippen LogP contribution in [0.25, 0.3) is 0 Å². The maximum atomic E-state index is 5.99. The highest BCUT2D eigenvalue weighted by Crippen LogP contribution is 2.27. The van der Waals surface area contributed by atoms with E-state index < -0.39 is 0 Å². The van der Waals surface area contributed by atoms with E-state index in [1.807, 2.05) is 6.07 Å². The lowest BCUT2D eigenvalue weighted by Crippen LogP contribution is -2.22. The van der Waals surface area contributed by atoms with Crippen molar-refractivity contribution in [1.82, 2.24) is 20.1 Å². The molecule has 0 saturated carbocycles. The zero-order valence-electron chi connectivity index (χ0n) is 15.8. The van der Waals surface area contributed by atoms with Gasteiger partial charge in [0, 0.05) is 24.7 Å². The summed E-state index contributed by atoms with van der Waals surface area (Å²) in [4.78, 5) is 6.99. The Kier molecular flexibility index (Phi) is 6.77. The third-order valence-corrected chi connectivity index (χ3v) is 4.69. The second kappa shape index (κ2) is 9.48. The van der Waals surface area contributed by atoms with Crippen molar-refractivity contribution >= 4 is 0 Å². The fraction of sp³-hybridized carbons (Fsp3) is 0.550. The second-order valence-electron chi connectivity index (χ2n) is 6.66. The maximum absolute atomic E-state index is 5.99. The SMILES string of the molecule is CCc1cc(Cc2cc(OCCCN3CCCC3)c(OC)cn2)cnn1. The van der Waals surface area contributed by atoms with E-state index in [2.05, 4.69) is 33.1 Å². The van der Waals surface area contributed by atoms with E-state index in [4.69, 9.17) is 9.47 Å². The van der Waals surface area contributed by atoms with Gasteiger partial charge in [-0.05, 0) is 50.4 Å². The molecule has 3 heterocycles. The van der Waals surface area contributed by atoms with Crippen LogP contribution in [0.3, 0.4) is 0 Å². The zero-order chi connectivity index (χ0) is 18.2. The monoisotopic (exact) mass is 356 g/mol. The number of pyridine rings is 1. The van der Waals surface area contributed by atoms with Crippen LogP contribution in [0.5, 0.6) is 11.5 Å². The molecule has 140 valence electrons. The van der Waals surface area contributed by atoms with Crippen LogP contribution >= 0.6 is 0 Å². The Morgan fingerprint density at radius 1 is 1.08 bits per heavy atom. The molecule has 2 aromatic heterocycles. The lowest BCUT2D eigenvalue weighted by Gasteiger charge is -2.15. The minimum absolute atomic E-state index is 0.678. The van der Waals surface area contributed by atoms with Crippen molar-refractivity contribution in [3.63, 3.8) is 0 Å². The zero-order valence-corrected chi connectivity index (χ0v) is 15.8. The summed E-state index contributed by atoms with van der Waals surface area (Å²) in [6.45, 7) is 6.31. The Balaban J connectivity index is 1.59. The fourth-order valence-electron chi connectivity index (χ4n) is 3.24. The number of ether oxygens (including phenoxy) is 2. The van der Waals surface area contributed by atoms with Crippen LogP contribution in [0, 0.1) is 0 Å². The van der Waals surface area contributed by atoms with Gasteiger partial charge >= 0.3 is 0 Å². The Bertz CT molecular complexity index is 702. The summed E-state index contributed by atoms with van der Waals surface area (Å²) < 4.78 is 11.4. The van der Waals surface area contributed by atoms with Gasteiger partial charge in [-0.15, -0.1) is 0 Å². The number of nitrogens with zero attached hydrogens (tertiary/aromatic N) is 4. The van der Waals surface area contributed by atoms with Crippen LogP contribution in [0.2, 0.25) is 0 Å². The highest BCUT2D eigenvalue weighted by atomic mass is 16.5. The first-order valence-corrected chi connectivity index (χ1v) is 9.47. The molecule has 1 fully saturated rings. The first-order valence-electron chi connectivity index (χ1n) is 9.47. The Hall–Kier alpha value is -2.21. The molecule has 26 heavy (non-hydrogen) atoms. The van der Waals surface area contributed by atoms with Gasteiger partial charge in [0.15, 0.2) is 11.5 Å². The molecule has 1 aliphatic rings. The highest BCUT2D eigenvalue weighted by Gasteiger charge is 2.12. The predicted molar refractivity (Wildman–Crippen MR) is 101 cm³/mol. The van der Waals surface area contributed by atoms with Crippen LogP contribution in [0.1, 0.15) is 43.1 Å². The van der Waals surface area contributed by atoms with Crippen LogP contribution < -0.4 is 9.47 Å². The van der Waals surface area contributed by atoms with Crippen molar-refractivity contribution in [2.75, 3.05) is 33.4 Å². The highest BCUT2D eigenvalue weighted by molar-refractivity contribution is 5.40. The fourth-order valence-corrected chi connectivity index (χ4v) is 3.24. The van der Waals surface area contributed by atoms with Crippen LogP contribution in [-0.2, 0) is 12.8 Å². The van der Waals surface area contributed by atoms with Gasteiger partial charge in [0.25, 0.3) is 0 Å². The first kappa shape index (κ1) is 18.6. The third-order valence-electron chi connectivity index (χ3n) is 4.69. The molecule has 1 saturated heterocycles. The van der Waals surface area contributed by atoms with Crippen molar-refractivity contribution < 1.29 is 9.47 Å². The summed E-state index contributed by atoms with van der Waals surface area (Å²) in [6, 6.07) is 4.05. The second-order valence-corrected chi connectivity index (χ2v) is 6.66. The van der Waals surface area contributed by atoms with Crippen molar-refractivity contribution in [3.8, 4) is 11.5 Å². The van der Waals surface area contributed by atoms with Gasteiger partial charge in [-0.3, -0.25) is 4.98 Å². The van der Waals surface area contributed by atoms with Crippen LogP contribution in [0.15, 0.2) is 24.5 Å². The van der Waals surface area contributed by atoms with Gasteiger partial charge in [-0.2, -0.15) is 10.2 Å². The number of rotatable bonds is 9. The van der Waals surface area contributed by atoms with Crippen molar-refractivity contribution in [2.45, 2.75) is 39.0 Å². The molecule has 6 heteroatoms. The molecule has 0 spiro atoms. The van der Waals surface area contributed by atoms with Crippen LogP contribution in [0.4, 0.5) is 0 Å². The largest absolute Gasteiger partial charge is 0.491 e. The molecule has 0 unspecified atom stereocenters. The molecule has 1 aliphatic heterocycles. The van der Waals surface area contributed by atoms with Gasteiger partial charge < -0.3 is 14.4 Å². The summed E-state index contributed by atoms with van der Waals surface area (Å²) in [5.41, 5.74) is 3.04. The number of likely N-dealkylation sites (tertiary alicyclic amines) is 1. The molecule has 3 rings (SSSR count). The van der Waals surface area contributed by atoms with E-state index in [0.717, 1.165) is 42.1 Å². The standard InChI is InChI=1S/C20H28N4O2/c1-3-17-11-16(14-22-23-17)12-18-13-19(20(25-2)15-21-18)26-10-6-9-24-7-4-5-8-24/h11,13-15H,3-10,12H2,1-2H3. The van der Waals surface area contributed by atoms with Crippen molar-refractivity contribution in [1.29, 1.82) is 0 Å². The molecule has 0 amide bonds. The molecule has 0 bridgehead atoms. The first-order chi connectivity index (χ1) is 12.8. The number of aromatic nitrogens is 3. The quantitative estimate of drug-likeness (QED) is 0.644. The maximum Gasteiger partial charge on any atom is 0.179 e. The minimum atomic E-state index is 0.678. The number of hydrogen-bond donors (Lipinski definition) is 0. The van der Waals surface area contributed by atoms with E-state index in [-0.39, 0.29) is 0 Å². The smallest absolute Gasteiger partial charge is 0.179 e. The van der Waals surface area contributed by atoms with E-state index in [1.54, 1.807) is 19.5 Å². The molecular formula is C20H28N4O2. The average molecular weight is 356 g/mol. The molecule has 0 aromatic carbocycles. The summed E-state index contributed by atoms with van der Waals surface area (Å²) >= 11 is 0. The molecular weight excluding hydrogens is 328 g/mol. The molecule has 0 aliphatic carbocycles. The lowest BCUT2D eigenvalue weighted by molar-refractivity contribution is 0.253. The third kappa shape index (κ3) is 5.14. The number of methoxy groups -OCH3 is 1. The predicted octanol–water partition coefficient (Wildman–Crippen LogP) is 2.90. The van der Waals surface area contributed by atoms with Crippen LogP contribution in [-0.4, -0.2) is 53.4 Å². The molecule has 2 aromatic rings. The Morgan fingerprint density at radius 3 is 2.69 bits per heavy atom. The Labute approximate surface area is 155 Å². The average Bonchev–Trinajstić information content (AvgIpc) is 3.19. The summed E-state index contributed by atoms with van der Waals surface area (Å²) in [5, 5.41) is 8.18. The van der Waals surface area contributed by atoms with Gasteiger partial charge in [0.05, 0.1) is 31.8 Å². The lowest BCUT2D eigenvalue weighted by atomic mass is 10.1. The summed E-state index contributed by atoms with van der Waals surface area (Å²) in [6.07, 6.45) is 8.79. The van der Waals surface area contributed by atoms with E-state index in [9.17, 15) is 0 Å². The van der Waals surface area contributed by atoms with E-state index >= 15 is 0 Å². The van der Waals surface area contributed by atoms with Gasteiger partial charge in [-0.1, -0.05) is 6.92 Å². The van der Waals surface area contributed by atoms with E-state index in [1.165, 1.54) is 25.9 Å². The number of aryl methyl sites for hydroxylation is 1. The Morgan fingerprint density at radius 2 is 1.92 bits per heavy atom. The molecule has 0 N–H and O–H groups in total. The van der Waals surface area contributed by atoms with Gasteiger partial charge in [-0.25, -0.2) is 0 Å².